The van der Waals surface area contributed by atoms with E-state index in [9.17, 15) is 9.59 Å². The summed E-state index contributed by atoms with van der Waals surface area (Å²) in [5.74, 6) is 0.788. The molecule has 5 rings (SSSR count). The molecule has 0 bridgehead atoms. The summed E-state index contributed by atoms with van der Waals surface area (Å²) >= 11 is 0. The van der Waals surface area contributed by atoms with E-state index >= 15 is 0 Å². The summed E-state index contributed by atoms with van der Waals surface area (Å²) in [6.45, 7) is 6.90. The molecule has 1 aliphatic carbocycles. The van der Waals surface area contributed by atoms with Gasteiger partial charge in [-0.05, 0) is 94.0 Å². The van der Waals surface area contributed by atoms with Crippen LogP contribution in [0.4, 0.5) is 5.69 Å². The Labute approximate surface area is 225 Å². The number of carbonyl (C=O) groups is 2. The van der Waals surface area contributed by atoms with Gasteiger partial charge in [-0.25, -0.2) is 0 Å². The van der Waals surface area contributed by atoms with Gasteiger partial charge in [0.2, 0.25) is 0 Å². The Bertz CT molecular complexity index is 1160. The maximum atomic E-state index is 13.7. The van der Waals surface area contributed by atoms with Crippen LogP contribution in [0.2, 0.25) is 0 Å². The normalized spacial score (nSPS) is 23.2. The number of fused-ring (bicyclic) bond motifs is 1. The zero-order valence-corrected chi connectivity index (χ0v) is 22.7. The first-order valence-corrected chi connectivity index (χ1v) is 13.3. The van der Waals surface area contributed by atoms with Gasteiger partial charge in [0.1, 0.15) is 0 Å². The van der Waals surface area contributed by atoms with Crippen molar-refractivity contribution in [2.75, 3.05) is 31.2 Å². The molecule has 4 N–H and O–H groups in total. The van der Waals surface area contributed by atoms with Crippen LogP contribution in [-0.2, 0) is 9.53 Å². The lowest BCUT2D eigenvalue weighted by molar-refractivity contribution is -0.113. The predicted molar refractivity (Wildman–Crippen MR) is 150 cm³/mol. The lowest BCUT2D eigenvalue weighted by Crippen LogP contribution is -2.36. The van der Waals surface area contributed by atoms with E-state index in [0.717, 1.165) is 79.9 Å². The van der Waals surface area contributed by atoms with Gasteiger partial charge in [-0.1, -0.05) is 6.07 Å². The van der Waals surface area contributed by atoms with Crippen LogP contribution in [0, 0.1) is 25.7 Å². The lowest BCUT2D eigenvalue weighted by Gasteiger charge is -2.30. The van der Waals surface area contributed by atoms with Gasteiger partial charge in [-0.3, -0.25) is 9.59 Å². The number of nitrogens with one attached hydrogen (secondary N) is 2. The number of nitrogens with two attached hydrogens (primary N) is 1. The molecule has 2 aromatic rings. The molecule has 1 saturated carbocycles. The third-order valence-corrected chi connectivity index (χ3v) is 8.02. The number of benzene rings is 1. The molecule has 2 amide bonds. The number of halogens is 1. The smallest absolute Gasteiger partial charge is 0.259 e. The third-order valence-electron chi connectivity index (χ3n) is 8.02. The van der Waals surface area contributed by atoms with Crippen LogP contribution in [-0.4, -0.2) is 49.1 Å². The van der Waals surface area contributed by atoms with Crippen molar-refractivity contribution in [2.24, 2.45) is 17.6 Å². The molecule has 8 heteroatoms. The molecule has 0 atom stereocenters. The van der Waals surface area contributed by atoms with Crippen LogP contribution in [0.1, 0.15) is 71.4 Å². The number of carbonyl (C=O) groups excluding carboxylic acids is 2. The molecule has 2 aliphatic heterocycles. The number of aromatic amines is 1. The number of H-pyrrole nitrogens is 1. The van der Waals surface area contributed by atoms with Gasteiger partial charge in [0.05, 0.1) is 11.3 Å². The minimum absolute atomic E-state index is 0. The number of rotatable bonds is 6. The average Bonchev–Trinajstić information content (AvgIpc) is 3.34. The highest BCUT2D eigenvalue weighted by Crippen LogP contribution is 2.40. The summed E-state index contributed by atoms with van der Waals surface area (Å²) in [6, 6.07) is 8.03. The second-order valence-corrected chi connectivity index (χ2v) is 10.8. The first-order valence-electron chi connectivity index (χ1n) is 13.3. The van der Waals surface area contributed by atoms with Crippen LogP contribution in [0.3, 0.4) is 0 Å². The Morgan fingerprint density at radius 1 is 1.11 bits per heavy atom. The van der Waals surface area contributed by atoms with E-state index in [4.69, 9.17) is 10.5 Å². The van der Waals surface area contributed by atoms with E-state index in [-0.39, 0.29) is 30.3 Å². The van der Waals surface area contributed by atoms with Crippen molar-refractivity contribution in [1.82, 2.24) is 10.3 Å². The molecule has 1 aromatic carbocycles. The topological polar surface area (TPSA) is 100 Å². The van der Waals surface area contributed by atoms with E-state index in [2.05, 4.69) is 16.4 Å². The summed E-state index contributed by atoms with van der Waals surface area (Å²) in [5.41, 5.74) is 12.2. The maximum absolute atomic E-state index is 13.7. The molecule has 1 saturated heterocycles. The van der Waals surface area contributed by atoms with Crippen molar-refractivity contribution in [3.8, 4) is 0 Å². The molecule has 200 valence electrons. The Morgan fingerprint density at radius 2 is 1.84 bits per heavy atom. The Morgan fingerprint density at radius 3 is 2.51 bits per heavy atom. The molecule has 2 fully saturated rings. The van der Waals surface area contributed by atoms with Crippen molar-refractivity contribution in [3.63, 3.8) is 0 Å². The van der Waals surface area contributed by atoms with Crippen molar-refractivity contribution >= 4 is 41.6 Å². The fraction of sp³-hybridized carbons (Fsp3) is 0.517. The number of hydrogen-bond acceptors (Lipinski definition) is 4. The summed E-state index contributed by atoms with van der Waals surface area (Å²) in [7, 11) is 0. The van der Waals surface area contributed by atoms with Crippen molar-refractivity contribution in [3.05, 3.63) is 52.3 Å². The molecule has 37 heavy (non-hydrogen) atoms. The van der Waals surface area contributed by atoms with Gasteiger partial charge in [-0.2, -0.15) is 0 Å². The first kappa shape index (κ1) is 27.4. The summed E-state index contributed by atoms with van der Waals surface area (Å²) in [5, 5.41) is 3.10. The molecular weight excluding hydrogens is 488 g/mol. The summed E-state index contributed by atoms with van der Waals surface area (Å²) in [6.07, 6.45) is 7.97. The predicted octanol–water partition coefficient (Wildman–Crippen LogP) is 4.61. The second kappa shape index (κ2) is 11.8. The van der Waals surface area contributed by atoms with Crippen molar-refractivity contribution in [1.29, 1.82) is 0 Å². The van der Waals surface area contributed by atoms with Gasteiger partial charge in [0.15, 0.2) is 0 Å². The molecule has 0 spiro atoms. The maximum Gasteiger partial charge on any atom is 0.259 e. The highest BCUT2D eigenvalue weighted by atomic mass is 35.5. The summed E-state index contributed by atoms with van der Waals surface area (Å²) < 4.78 is 5.43. The molecule has 1 aromatic heterocycles. The van der Waals surface area contributed by atoms with E-state index in [1.807, 2.05) is 43.0 Å². The highest BCUT2D eigenvalue weighted by molar-refractivity contribution is 6.36. The fourth-order valence-electron chi connectivity index (χ4n) is 5.78. The van der Waals surface area contributed by atoms with E-state index in [1.165, 1.54) is 0 Å². The molecule has 3 heterocycles. The zero-order valence-electron chi connectivity index (χ0n) is 21.8. The van der Waals surface area contributed by atoms with E-state index in [0.29, 0.717) is 36.1 Å². The average molecular weight is 527 g/mol. The largest absolute Gasteiger partial charge is 0.381 e. The fourth-order valence-corrected chi connectivity index (χ4v) is 5.78. The Balaban J connectivity index is 0.00000320. The molecular formula is C29H39ClN4O3. The van der Waals surface area contributed by atoms with Gasteiger partial charge in [-0.15, -0.1) is 12.4 Å². The minimum Gasteiger partial charge on any atom is -0.381 e. The van der Waals surface area contributed by atoms with Crippen molar-refractivity contribution < 1.29 is 14.3 Å². The zero-order chi connectivity index (χ0) is 25.2. The number of nitrogens with zero attached hydrogens (tertiary/aromatic N) is 1. The minimum atomic E-state index is -0.0893. The third kappa shape index (κ3) is 6.11. The lowest BCUT2D eigenvalue weighted by atomic mass is 9.86. The number of aromatic nitrogens is 1. The van der Waals surface area contributed by atoms with Crippen LogP contribution in [0.5, 0.6) is 0 Å². The SMILES string of the molecule is Cc1cc(C)c(/C=C2\C(=O)N(CC3CCC(N)CC3)c3cc(C(=O)NCC4CCOCC4)ccc32)[nH]1.Cl. The number of amides is 2. The molecule has 0 radical (unpaired) electrons. The standard InChI is InChI=1S/C29H38N4O3.ClH/c1-18-13-19(2)32-26(18)15-25-24-8-5-22(28(34)31-16-20-9-11-36-12-10-20)14-27(24)33(29(25)35)17-21-3-6-23(30)7-4-21;/h5,8,13-15,20-21,23,32H,3-4,6-7,9-12,16-17,30H2,1-2H3,(H,31,34);1H/b25-15-;. The molecule has 7 nitrogen and oxygen atoms in total. The first-order chi connectivity index (χ1) is 17.4. The number of aryl methyl sites for hydroxylation is 2. The van der Waals surface area contributed by atoms with Crippen LogP contribution < -0.4 is 16.0 Å². The second-order valence-electron chi connectivity index (χ2n) is 10.8. The molecule has 0 unspecified atom stereocenters. The van der Waals surface area contributed by atoms with Gasteiger partial charge < -0.3 is 25.7 Å². The van der Waals surface area contributed by atoms with Gasteiger partial charge in [0.25, 0.3) is 11.8 Å². The van der Waals surface area contributed by atoms with Crippen LogP contribution in [0.25, 0.3) is 11.6 Å². The van der Waals surface area contributed by atoms with E-state index in [1.54, 1.807) is 0 Å². The van der Waals surface area contributed by atoms with Gasteiger partial charge in [0, 0.05) is 54.9 Å². The number of anilines is 1. The van der Waals surface area contributed by atoms with Crippen LogP contribution in [0.15, 0.2) is 24.3 Å². The van der Waals surface area contributed by atoms with Crippen molar-refractivity contribution in [2.45, 2.75) is 58.4 Å². The van der Waals surface area contributed by atoms with Crippen LogP contribution >= 0.6 is 12.4 Å². The molecule has 3 aliphatic rings. The number of ether oxygens (including phenoxy) is 1. The monoisotopic (exact) mass is 526 g/mol. The summed E-state index contributed by atoms with van der Waals surface area (Å²) in [4.78, 5) is 32.0. The van der Waals surface area contributed by atoms with Gasteiger partial charge >= 0.3 is 0 Å². The number of hydrogen-bond donors (Lipinski definition) is 3. The Kier molecular flexibility index (Phi) is 8.78. The highest BCUT2D eigenvalue weighted by Gasteiger charge is 2.35. The Hall–Kier alpha value is -2.61. The quantitative estimate of drug-likeness (QED) is 0.478. The van der Waals surface area contributed by atoms with E-state index < -0.39 is 0 Å².